The van der Waals surface area contributed by atoms with E-state index in [4.69, 9.17) is 16.3 Å². The Hall–Kier alpha value is -3.71. The summed E-state index contributed by atoms with van der Waals surface area (Å²) in [4.78, 5) is 23.7. The molecule has 3 aromatic rings. The molecule has 0 saturated heterocycles. The monoisotopic (exact) mass is 453 g/mol. The lowest BCUT2D eigenvalue weighted by Gasteiger charge is -2.06. The lowest BCUT2D eigenvalue weighted by molar-refractivity contribution is -0.120. The number of carbonyl (C=O) groups is 2. The molecule has 0 aliphatic carbocycles. The van der Waals surface area contributed by atoms with Gasteiger partial charge in [-0.15, -0.1) is 0 Å². The smallest absolute Gasteiger partial charge is 0.254 e. The van der Waals surface area contributed by atoms with Crippen LogP contribution in [-0.2, 0) is 11.4 Å². The first-order chi connectivity index (χ1) is 15.5. The van der Waals surface area contributed by atoms with Crippen LogP contribution in [0.15, 0.2) is 77.9 Å². The molecule has 2 amide bonds. The van der Waals surface area contributed by atoms with Gasteiger partial charge in [-0.1, -0.05) is 35.9 Å². The first kappa shape index (κ1) is 23.0. The van der Waals surface area contributed by atoms with Crippen molar-refractivity contribution in [2.75, 3.05) is 6.54 Å². The molecule has 8 heteroatoms. The van der Waals surface area contributed by atoms with Gasteiger partial charge in [-0.25, -0.2) is 9.82 Å². The highest BCUT2D eigenvalue weighted by Gasteiger charge is 2.10. The summed E-state index contributed by atoms with van der Waals surface area (Å²) in [5.74, 6) is -0.858. The maximum Gasteiger partial charge on any atom is 0.254 e. The summed E-state index contributed by atoms with van der Waals surface area (Å²) < 4.78 is 19.3. The topological polar surface area (TPSA) is 79.8 Å². The van der Waals surface area contributed by atoms with Crippen LogP contribution >= 0.6 is 11.6 Å². The number of amides is 2. The molecule has 3 aromatic carbocycles. The van der Waals surface area contributed by atoms with Crippen molar-refractivity contribution in [3.63, 3.8) is 0 Å². The van der Waals surface area contributed by atoms with Gasteiger partial charge in [-0.05, 0) is 59.7 Å². The van der Waals surface area contributed by atoms with E-state index in [2.05, 4.69) is 15.8 Å². The minimum atomic E-state index is -0.611. The van der Waals surface area contributed by atoms with E-state index in [0.29, 0.717) is 17.4 Å². The summed E-state index contributed by atoms with van der Waals surface area (Å²) in [5.41, 5.74) is 4.10. The standard InChI is InChI=1S/C24H21ClFN3O3/c25-19-9-5-18(6-10-19)16-32-20-11-7-17(8-12-20)15-28-29-23(30)13-14-27-24(31)21-3-1-2-4-22(21)26/h1-12,15H,13-14,16H2,(H,27,31)(H,29,30). The Morgan fingerprint density at radius 2 is 1.72 bits per heavy atom. The highest BCUT2D eigenvalue weighted by molar-refractivity contribution is 6.30. The van der Waals surface area contributed by atoms with E-state index < -0.39 is 11.7 Å². The van der Waals surface area contributed by atoms with Crippen LogP contribution < -0.4 is 15.5 Å². The van der Waals surface area contributed by atoms with Crippen LogP contribution in [0.5, 0.6) is 5.75 Å². The van der Waals surface area contributed by atoms with Crippen LogP contribution in [-0.4, -0.2) is 24.6 Å². The molecule has 2 N–H and O–H groups in total. The third-order valence-corrected chi connectivity index (χ3v) is 4.61. The highest BCUT2D eigenvalue weighted by atomic mass is 35.5. The molecule has 0 radical (unpaired) electrons. The lowest BCUT2D eigenvalue weighted by atomic mass is 10.2. The number of rotatable bonds is 9. The van der Waals surface area contributed by atoms with Crippen molar-refractivity contribution in [2.24, 2.45) is 5.10 Å². The van der Waals surface area contributed by atoms with Crippen molar-refractivity contribution >= 4 is 29.6 Å². The third kappa shape index (κ3) is 7.21. The zero-order chi connectivity index (χ0) is 22.8. The Kier molecular flexibility index (Phi) is 8.34. The lowest BCUT2D eigenvalue weighted by Crippen LogP contribution is -2.29. The molecule has 0 aromatic heterocycles. The highest BCUT2D eigenvalue weighted by Crippen LogP contribution is 2.15. The van der Waals surface area contributed by atoms with Crippen molar-refractivity contribution in [2.45, 2.75) is 13.0 Å². The van der Waals surface area contributed by atoms with Crippen molar-refractivity contribution in [1.82, 2.24) is 10.7 Å². The fraction of sp³-hybridized carbons (Fsp3) is 0.125. The van der Waals surface area contributed by atoms with Gasteiger partial charge in [0.15, 0.2) is 0 Å². The van der Waals surface area contributed by atoms with Gasteiger partial charge in [0.25, 0.3) is 5.91 Å². The Morgan fingerprint density at radius 3 is 2.44 bits per heavy atom. The van der Waals surface area contributed by atoms with E-state index in [1.165, 1.54) is 24.4 Å². The molecule has 0 saturated carbocycles. The first-order valence-corrected chi connectivity index (χ1v) is 10.2. The van der Waals surface area contributed by atoms with E-state index in [0.717, 1.165) is 11.1 Å². The molecular formula is C24H21ClFN3O3. The maximum atomic E-state index is 13.5. The van der Waals surface area contributed by atoms with Crippen LogP contribution in [0.3, 0.4) is 0 Å². The van der Waals surface area contributed by atoms with Crippen LogP contribution in [0.1, 0.15) is 27.9 Å². The first-order valence-electron chi connectivity index (χ1n) is 9.83. The zero-order valence-electron chi connectivity index (χ0n) is 17.1. The van der Waals surface area contributed by atoms with E-state index in [1.54, 1.807) is 18.2 Å². The number of ether oxygens (including phenoxy) is 1. The second-order valence-corrected chi connectivity index (χ2v) is 7.20. The summed E-state index contributed by atoms with van der Waals surface area (Å²) in [5, 5.41) is 7.07. The number of nitrogens with zero attached hydrogens (tertiary/aromatic N) is 1. The van der Waals surface area contributed by atoms with E-state index in [-0.39, 0.29) is 24.4 Å². The molecule has 0 unspecified atom stereocenters. The number of benzene rings is 3. The molecule has 0 atom stereocenters. The minimum absolute atomic E-state index is 0.00894. The molecular weight excluding hydrogens is 433 g/mol. The fourth-order valence-electron chi connectivity index (χ4n) is 2.66. The maximum absolute atomic E-state index is 13.5. The Balaban J connectivity index is 1.37. The summed E-state index contributed by atoms with van der Waals surface area (Å²) >= 11 is 5.86. The summed E-state index contributed by atoms with van der Waals surface area (Å²) in [7, 11) is 0. The zero-order valence-corrected chi connectivity index (χ0v) is 17.8. The number of hydrogen-bond acceptors (Lipinski definition) is 4. The molecule has 6 nitrogen and oxygen atoms in total. The molecule has 0 aliphatic rings. The molecule has 0 spiro atoms. The molecule has 0 aliphatic heterocycles. The molecule has 32 heavy (non-hydrogen) atoms. The normalized spacial score (nSPS) is 10.7. The Morgan fingerprint density at radius 1 is 1.00 bits per heavy atom. The largest absolute Gasteiger partial charge is 0.489 e. The molecule has 0 fully saturated rings. The van der Waals surface area contributed by atoms with Gasteiger partial charge >= 0.3 is 0 Å². The van der Waals surface area contributed by atoms with Gasteiger partial charge in [0.2, 0.25) is 5.91 Å². The van der Waals surface area contributed by atoms with Gasteiger partial charge in [0.1, 0.15) is 18.2 Å². The van der Waals surface area contributed by atoms with Crippen molar-refractivity contribution in [3.8, 4) is 5.75 Å². The molecule has 0 heterocycles. The second kappa shape index (κ2) is 11.6. The van der Waals surface area contributed by atoms with E-state index in [1.807, 2.05) is 36.4 Å². The number of hydrazone groups is 1. The Bertz CT molecular complexity index is 1090. The van der Waals surface area contributed by atoms with Crippen LogP contribution in [0.25, 0.3) is 0 Å². The summed E-state index contributed by atoms with van der Waals surface area (Å²) in [6.45, 7) is 0.488. The van der Waals surface area contributed by atoms with Gasteiger partial charge in [-0.3, -0.25) is 9.59 Å². The number of hydrogen-bond donors (Lipinski definition) is 2. The minimum Gasteiger partial charge on any atom is -0.489 e. The van der Waals surface area contributed by atoms with Crippen LogP contribution in [0.2, 0.25) is 5.02 Å². The summed E-state index contributed by atoms with van der Waals surface area (Å²) in [6, 6.07) is 20.3. The van der Waals surface area contributed by atoms with Crippen molar-refractivity contribution in [1.29, 1.82) is 0 Å². The van der Waals surface area contributed by atoms with Gasteiger partial charge in [0, 0.05) is 18.0 Å². The molecule has 0 bridgehead atoms. The van der Waals surface area contributed by atoms with Gasteiger partial charge in [0.05, 0.1) is 11.8 Å². The Labute approximate surface area is 190 Å². The van der Waals surface area contributed by atoms with Gasteiger partial charge in [-0.2, -0.15) is 5.10 Å². The van der Waals surface area contributed by atoms with Crippen molar-refractivity contribution < 1.29 is 18.7 Å². The number of carbonyl (C=O) groups excluding carboxylic acids is 2. The van der Waals surface area contributed by atoms with Crippen molar-refractivity contribution in [3.05, 3.63) is 100 Å². The predicted octanol–water partition coefficient (Wildman–Crippen LogP) is 4.33. The quantitative estimate of drug-likeness (QED) is 0.374. The number of halogens is 2. The number of nitrogens with one attached hydrogen (secondary N) is 2. The predicted molar refractivity (Wildman–Crippen MR) is 121 cm³/mol. The molecule has 3 rings (SSSR count). The average Bonchev–Trinajstić information content (AvgIpc) is 2.80. The molecule has 164 valence electrons. The van der Waals surface area contributed by atoms with E-state index in [9.17, 15) is 14.0 Å². The van der Waals surface area contributed by atoms with E-state index >= 15 is 0 Å². The third-order valence-electron chi connectivity index (χ3n) is 4.36. The van der Waals surface area contributed by atoms with Crippen LogP contribution in [0, 0.1) is 5.82 Å². The SMILES string of the molecule is O=C(CCNC(=O)c1ccccc1F)NN=Cc1ccc(OCc2ccc(Cl)cc2)cc1. The second-order valence-electron chi connectivity index (χ2n) is 6.76. The fourth-order valence-corrected chi connectivity index (χ4v) is 2.79. The van der Waals surface area contributed by atoms with Gasteiger partial charge < -0.3 is 10.1 Å². The van der Waals surface area contributed by atoms with Crippen LogP contribution in [0.4, 0.5) is 4.39 Å². The average molecular weight is 454 g/mol. The summed E-state index contributed by atoms with van der Waals surface area (Å²) in [6.07, 6.45) is 1.51.